The molecule has 1 atom stereocenters. The first-order chi connectivity index (χ1) is 9.24. The van der Waals surface area contributed by atoms with Gasteiger partial charge >= 0.3 is 0 Å². The molecule has 100 valence electrons. The van der Waals surface area contributed by atoms with Gasteiger partial charge in [-0.1, -0.05) is 24.0 Å². The van der Waals surface area contributed by atoms with Gasteiger partial charge in [0, 0.05) is 12.7 Å². The van der Waals surface area contributed by atoms with E-state index < -0.39 is 0 Å². The Bertz CT molecular complexity index is 518. The van der Waals surface area contributed by atoms with Crippen molar-refractivity contribution >= 4 is 40.3 Å². The number of thiocarbonyl (C=S) groups is 1. The number of thioether (sulfide) groups is 1. The highest BCUT2D eigenvalue weighted by Gasteiger charge is 2.34. The average Bonchev–Trinajstić information content (AvgIpc) is 3.10. The maximum Gasteiger partial charge on any atom is 0.266 e. The molecule has 3 heterocycles. The molecule has 1 aromatic rings. The Labute approximate surface area is 120 Å². The Morgan fingerprint density at radius 1 is 1.58 bits per heavy atom. The summed E-state index contributed by atoms with van der Waals surface area (Å²) >= 11 is 6.58. The molecule has 1 aromatic heterocycles. The molecule has 0 aromatic carbocycles. The summed E-state index contributed by atoms with van der Waals surface area (Å²) in [6.45, 7) is 1.34. The smallest absolute Gasteiger partial charge is 0.266 e. The fourth-order valence-electron chi connectivity index (χ4n) is 2.15. The fourth-order valence-corrected chi connectivity index (χ4v) is 3.41. The maximum absolute atomic E-state index is 12.3. The maximum atomic E-state index is 12.3. The molecule has 0 spiro atoms. The number of hydrogen-bond donors (Lipinski definition) is 0. The quantitative estimate of drug-likeness (QED) is 0.633. The van der Waals surface area contributed by atoms with Crippen molar-refractivity contribution in [2.45, 2.75) is 18.9 Å². The van der Waals surface area contributed by atoms with E-state index in [9.17, 15) is 4.79 Å². The van der Waals surface area contributed by atoms with Crippen molar-refractivity contribution in [3.8, 4) is 0 Å². The van der Waals surface area contributed by atoms with E-state index in [2.05, 4.69) is 0 Å². The van der Waals surface area contributed by atoms with Crippen molar-refractivity contribution in [3.05, 3.63) is 29.1 Å². The predicted molar refractivity (Wildman–Crippen MR) is 77.6 cm³/mol. The van der Waals surface area contributed by atoms with Crippen molar-refractivity contribution < 1.29 is 13.9 Å². The monoisotopic (exact) mass is 295 g/mol. The molecule has 4 nitrogen and oxygen atoms in total. The molecule has 0 aliphatic carbocycles. The summed E-state index contributed by atoms with van der Waals surface area (Å²) in [5.74, 6) is 0.611. The lowest BCUT2D eigenvalue weighted by Crippen LogP contribution is -2.35. The molecular formula is C13H13NO3S2. The Morgan fingerprint density at radius 3 is 3.16 bits per heavy atom. The predicted octanol–water partition coefficient (Wildman–Crippen LogP) is 2.66. The van der Waals surface area contributed by atoms with Crippen molar-refractivity contribution in [2.75, 3.05) is 13.2 Å². The van der Waals surface area contributed by atoms with Crippen molar-refractivity contribution in [3.63, 3.8) is 0 Å². The summed E-state index contributed by atoms with van der Waals surface area (Å²) in [4.78, 5) is 14.5. The molecule has 19 heavy (non-hydrogen) atoms. The SMILES string of the molecule is O=C1/C(=C\c2ccco2)SC(=S)N1C[C@@H]1CCCO1. The number of furan rings is 1. The largest absolute Gasteiger partial charge is 0.465 e. The first-order valence-electron chi connectivity index (χ1n) is 6.14. The van der Waals surface area contributed by atoms with E-state index in [0.717, 1.165) is 19.4 Å². The van der Waals surface area contributed by atoms with Crippen LogP contribution in [0.15, 0.2) is 27.7 Å². The Hall–Kier alpha value is -1.11. The molecule has 2 aliphatic heterocycles. The third-order valence-corrected chi connectivity index (χ3v) is 4.48. The number of carbonyl (C=O) groups excluding carboxylic acids is 1. The first kappa shape index (κ1) is 12.9. The lowest BCUT2D eigenvalue weighted by Gasteiger charge is -2.18. The van der Waals surface area contributed by atoms with Gasteiger partial charge in [-0.3, -0.25) is 9.69 Å². The summed E-state index contributed by atoms with van der Waals surface area (Å²) in [5, 5.41) is 0. The first-order valence-corrected chi connectivity index (χ1v) is 7.37. The third-order valence-electron chi connectivity index (χ3n) is 3.10. The van der Waals surface area contributed by atoms with Crippen LogP contribution in [0.25, 0.3) is 6.08 Å². The highest BCUT2D eigenvalue weighted by Crippen LogP contribution is 2.33. The lowest BCUT2D eigenvalue weighted by molar-refractivity contribution is -0.123. The Morgan fingerprint density at radius 2 is 2.47 bits per heavy atom. The molecule has 1 amide bonds. The van der Waals surface area contributed by atoms with Gasteiger partial charge in [0.15, 0.2) is 0 Å². The van der Waals surface area contributed by atoms with Crippen LogP contribution in [0, 0.1) is 0 Å². The van der Waals surface area contributed by atoms with Crippen molar-refractivity contribution in [2.24, 2.45) is 0 Å². The van der Waals surface area contributed by atoms with E-state index in [1.165, 1.54) is 11.8 Å². The molecule has 0 N–H and O–H groups in total. The van der Waals surface area contributed by atoms with Crippen molar-refractivity contribution in [1.29, 1.82) is 0 Å². The van der Waals surface area contributed by atoms with Crippen LogP contribution in [0.1, 0.15) is 18.6 Å². The number of carbonyl (C=O) groups is 1. The van der Waals surface area contributed by atoms with Crippen LogP contribution in [0.2, 0.25) is 0 Å². The molecule has 0 unspecified atom stereocenters. The summed E-state index contributed by atoms with van der Waals surface area (Å²) in [5.41, 5.74) is 0. The molecule has 0 radical (unpaired) electrons. The van der Waals surface area contributed by atoms with Crippen LogP contribution >= 0.6 is 24.0 Å². The van der Waals surface area contributed by atoms with Crippen LogP contribution in [0.4, 0.5) is 0 Å². The van der Waals surface area contributed by atoms with Gasteiger partial charge in [-0.2, -0.15) is 0 Å². The second-order valence-corrected chi connectivity index (χ2v) is 6.12. The molecular weight excluding hydrogens is 282 g/mol. The second-order valence-electron chi connectivity index (χ2n) is 4.44. The minimum atomic E-state index is -0.0538. The Balaban J connectivity index is 1.73. The van der Waals surface area contributed by atoms with E-state index in [0.29, 0.717) is 21.5 Å². The number of rotatable bonds is 3. The third kappa shape index (κ3) is 2.75. The van der Waals surface area contributed by atoms with Gasteiger partial charge in [-0.15, -0.1) is 0 Å². The molecule has 2 fully saturated rings. The van der Waals surface area contributed by atoms with Gasteiger partial charge in [0.1, 0.15) is 10.1 Å². The molecule has 0 bridgehead atoms. The zero-order chi connectivity index (χ0) is 13.2. The summed E-state index contributed by atoms with van der Waals surface area (Å²) in [6.07, 6.45) is 5.48. The van der Waals surface area contributed by atoms with E-state index >= 15 is 0 Å². The van der Waals surface area contributed by atoms with Gasteiger partial charge in [0.05, 0.1) is 23.8 Å². The molecule has 6 heteroatoms. The number of nitrogens with zero attached hydrogens (tertiary/aromatic N) is 1. The van der Waals surface area contributed by atoms with E-state index in [4.69, 9.17) is 21.4 Å². The van der Waals surface area contributed by atoms with Crippen LogP contribution in [0.3, 0.4) is 0 Å². The summed E-state index contributed by atoms with van der Waals surface area (Å²) < 4.78 is 11.4. The van der Waals surface area contributed by atoms with Gasteiger partial charge in [0.25, 0.3) is 5.91 Å². The molecule has 3 rings (SSSR count). The number of ether oxygens (including phenoxy) is 1. The highest BCUT2D eigenvalue weighted by atomic mass is 32.2. The van der Waals surface area contributed by atoms with E-state index in [-0.39, 0.29) is 12.0 Å². The van der Waals surface area contributed by atoms with E-state index in [1.807, 2.05) is 6.07 Å². The fraction of sp³-hybridized carbons (Fsp3) is 0.385. The van der Waals surface area contributed by atoms with Crippen LogP contribution in [0.5, 0.6) is 0 Å². The molecule has 2 aliphatic rings. The summed E-state index contributed by atoms with van der Waals surface area (Å²) in [7, 11) is 0. The van der Waals surface area contributed by atoms with Crippen LogP contribution in [-0.4, -0.2) is 34.4 Å². The lowest BCUT2D eigenvalue weighted by atomic mass is 10.2. The van der Waals surface area contributed by atoms with Gasteiger partial charge < -0.3 is 9.15 Å². The molecule has 0 saturated carbocycles. The summed E-state index contributed by atoms with van der Waals surface area (Å²) in [6, 6.07) is 3.60. The van der Waals surface area contributed by atoms with Crippen LogP contribution < -0.4 is 0 Å². The minimum Gasteiger partial charge on any atom is -0.465 e. The van der Waals surface area contributed by atoms with Gasteiger partial charge in [-0.05, 0) is 25.0 Å². The number of amides is 1. The Kier molecular flexibility index (Phi) is 3.72. The zero-order valence-corrected chi connectivity index (χ0v) is 11.8. The van der Waals surface area contributed by atoms with Crippen LogP contribution in [-0.2, 0) is 9.53 Å². The van der Waals surface area contributed by atoms with E-state index in [1.54, 1.807) is 23.3 Å². The standard InChI is InChI=1S/C13H13NO3S2/c15-12-11(7-9-3-1-5-16-9)19-13(18)14(12)8-10-4-2-6-17-10/h1,3,5,7,10H,2,4,6,8H2/b11-7+/t10-/m0/s1. The highest BCUT2D eigenvalue weighted by molar-refractivity contribution is 8.26. The second kappa shape index (κ2) is 5.48. The van der Waals surface area contributed by atoms with Gasteiger partial charge in [0.2, 0.25) is 0 Å². The topological polar surface area (TPSA) is 42.7 Å². The normalized spacial score (nSPS) is 25.8. The van der Waals surface area contributed by atoms with Gasteiger partial charge in [-0.25, -0.2) is 0 Å². The minimum absolute atomic E-state index is 0.0538. The van der Waals surface area contributed by atoms with Crippen molar-refractivity contribution in [1.82, 2.24) is 4.90 Å². The zero-order valence-electron chi connectivity index (χ0n) is 10.2. The average molecular weight is 295 g/mol. The number of hydrogen-bond acceptors (Lipinski definition) is 5. The molecule has 2 saturated heterocycles.